The molecule has 27 heavy (non-hydrogen) atoms. The van der Waals surface area contributed by atoms with E-state index >= 15 is 0 Å². The fourth-order valence-electron chi connectivity index (χ4n) is 3.84. The monoisotopic (exact) mass is 389 g/mol. The molecule has 1 aromatic heterocycles. The van der Waals surface area contributed by atoms with Crippen LogP contribution in [0.5, 0.6) is 0 Å². The average molecular weight is 389 g/mol. The van der Waals surface area contributed by atoms with Crippen molar-refractivity contribution in [1.82, 2.24) is 15.1 Å². The number of aromatic nitrogens is 2. The zero-order chi connectivity index (χ0) is 19.0. The molecule has 1 aromatic carbocycles. The van der Waals surface area contributed by atoms with Gasteiger partial charge in [-0.1, -0.05) is 6.07 Å². The maximum atomic E-state index is 12.9. The zero-order valence-electron chi connectivity index (χ0n) is 15.1. The van der Waals surface area contributed by atoms with E-state index in [0.717, 1.165) is 12.1 Å². The zero-order valence-corrected chi connectivity index (χ0v) is 15.9. The van der Waals surface area contributed by atoms with Crippen molar-refractivity contribution in [3.8, 4) is 0 Å². The summed E-state index contributed by atoms with van der Waals surface area (Å²) in [5, 5.41) is 10.4. The van der Waals surface area contributed by atoms with Crippen molar-refractivity contribution >= 4 is 27.3 Å². The second-order valence-electron chi connectivity index (χ2n) is 7.10. The highest BCUT2D eigenvalue weighted by molar-refractivity contribution is 7.93. The van der Waals surface area contributed by atoms with Crippen LogP contribution in [-0.4, -0.2) is 49.5 Å². The lowest BCUT2D eigenvalue weighted by Gasteiger charge is -2.19. The number of carbonyl (C=O) groups is 1. The number of benzene rings is 1. The largest absolute Gasteiger partial charge is 0.326 e. The van der Waals surface area contributed by atoms with Gasteiger partial charge in [0.2, 0.25) is 15.9 Å². The molecule has 0 bridgehead atoms. The molecule has 2 aliphatic heterocycles. The average Bonchev–Trinajstić information content (AvgIpc) is 3.34. The van der Waals surface area contributed by atoms with Gasteiger partial charge in [0.15, 0.2) is 0 Å². The SMILES string of the molecule is Cn1cc([C@H]2CNC[C@@H]2C(=O)Nc2cccc(N3CCCS3(=O)=O)c2)cn1. The second-order valence-corrected chi connectivity index (χ2v) is 9.11. The first-order valence-corrected chi connectivity index (χ1v) is 10.7. The number of sulfonamides is 1. The first-order chi connectivity index (χ1) is 12.9. The van der Waals surface area contributed by atoms with Crippen molar-refractivity contribution in [2.75, 3.05) is 35.0 Å². The van der Waals surface area contributed by atoms with E-state index in [2.05, 4.69) is 15.7 Å². The molecule has 0 unspecified atom stereocenters. The maximum Gasteiger partial charge on any atom is 0.235 e. The third-order valence-electron chi connectivity index (χ3n) is 5.20. The molecule has 2 fully saturated rings. The summed E-state index contributed by atoms with van der Waals surface area (Å²) in [6.07, 6.45) is 4.37. The molecule has 0 spiro atoms. The molecule has 3 heterocycles. The van der Waals surface area contributed by atoms with E-state index in [9.17, 15) is 13.2 Å². The van der Waals surface area contributed by atoms with Gasteiger partial charge in [-0.15, -0.1) is 0 Å². The summed E-state index contributed by atoms with van der Waals surface area (Å²) < 4.78 is 27.4. The highest BCUT2D eigenvalue weighted by atomic mass is 32.2. The summed E-state index contributed by atoms with van der Waals surface area (Å²) in [7, 11) is -1.38. The number of amides is 1. The Morgan fingerprint density at radius 1 is 1.33 bits per heavy atom. The summed E-state index contributed by atoms with van der Waals surface area (Å²) in [6.45, 7) is 1.82. The molecule has 0 aliphatic carbocycles. The third kappa shape index (κ3) is 3.57. The van der Waals surface area contributed by atoms with Crippen LogP contribution in [0.25, 0.3) is 0 Å². The Hall–Kier alpha value is -2.39. The Kier molecular flexibility index (Phi) is 4.65. The quantitative estimate of drug-likeness (QED) is 0.810. The lowest BCUT2D eigenvalue weighted by molar-refractivity contribution is -0.119. The van der Waals surface area contributed by atoms with E-state index < -0.39 is 10.0 Å². The van der Waals surface area contributed by atoms with Crippen LogP contribution in [0.15, 0.2) is 36.7 Å². The topological polar surface area (TPSA) is 96.3 Å². The van der Waals surface area contributed by atoms with Crippen LogP contribution in [0.3, 0.4) is 0 Å². The maximum absolute atomic E-state index is 12.9. The molecular weight excluding hydrogens is 366 g/mol. The predicted octanol–water partition coefficient (Wildman–Crippen LogP) is 0.902. The second kappa shape index (κ2) is 6.97. The molecule has 144 valence electrons. The minimum atomic E-state index is -3.24. The molecule has 2 N–H and O–H groups in total. The van der Waals surface area contributed by atoms with Crippen molar-refractivity contribution in [3.05, 3.63) is 42.2 Å². The van der Waals surface area contributed by atoms with Gasteiger partial charge < -0.3 is 10.6 Å². The predicted molar refractivity (Wildman–Crippen MR) is 103 cm³/mol. The summed E-state index contributed by atoms with van der Waals surface area (Å²) >= 11 is 0. The van der Waals surface area contributed by atoms with E-state index in [1.165, 1.54) is 4.31 Å². The van der Waals surface area contributed by atoms with Gasteiger partial charge >= 0.3 is 0 Å². The number of rotatable bonds is 4. The number of nitrogens with one attached hydrogen (secondary N) is 2. The van der Waals surface area contributed by atoms with Gasteiger partial charge in [-0.25, -0.2) is 8.42 Å². The number of carbonyl (C=O) groups excluding carboxylic acids is 1. The van der Waals surface area contributed by atoms with Crippen LogP contribution in [-0.2, 0) is 21.9 Å². The van der Waals surface area contributed by atoms with Gasteiger partial charge in [-0.05, 0) is 30.2 Å². The fourth-order valence-corrected chi connectivity index (χ4v) is 5.40. The van der Waals surface area contributed by atoms with Gasteiger partial charge in [0, 0.05) is 44.5 Å². The molecule has 2 saturated heterocycles. The van der Waals surface area contributed by atoms with Gasteiger partial charge in [0.05, 0.1) is 23.6 Å². The van der Waals surface area contributed by atoms with E-state index in [-0.39, 0.29) is 23.5 Å². The summed E-state index contributed by atoms with van der Waals surface area (Å²) in [6, 6.07) is 7.03. The normalized spacial score (nSPS) is 24.3. The first kappa shape index (κ1) is 18.0. The van der Waals surface area contributed by atoms with Gasteiger partial charge in [0.1, 0.15) is 0 Å². The van der Waals surface area contributed by atoms with Gasteiger partial charge in [-0.2, -0.15) is 5.10 Å². The molecule has 1 amide bonds. The van der Waals surface area contributed by atoms with Crippen molar-refractivity contribution in [1.29, 1.82) is 0 Å². The summed E-state index contributed by atoms with van der Waals surface area (Å²) in [4.78, 5) is 12.9. The molecule has 2 aromatic rings. The van der Waals surface area contributed by atoms with Gasteiger partial charge in [-0.3, -0.25) is 13.8 Å². The van der Waals surface area contributed by atoms with Crippen LogP contribution < -0.4 is 14.9 Å². The number of anilines is 2. The summed E-state index contributed by atoms with van der Waals surface area (Å²) in [5.74, 6) is -0.0334. The fraction of sp³-hybridized carbons (Fsp3) is 0.444. The highest BCUT2D eigenvalue weighted by Gasteiger charge is 2.35. The first-order valence-electron chi connectivity index (χ1n) is 9.05. The van der Waals surface area contributed by atoms with Crippen LogP contribution in [0.1, 0.15) is 17.9 Å². The molecule has 2 aliphatic rings. The molecule has 9 heteroatoms. The molecule has 0 saturated carbocycles. The van der Waals surface area contributed by atoms with Crippen molar-refractivity contribution < 1.29 is 13.2 Å². The molecule has 8 nitrogen and oxygen atoms in total. The van der Waals surface area contributed by atoms with E-state index in [0.29, 0.717) is 30.9 Å². The lowest BCUT2D eigenvalue weighted by Crippen LogP contribution is -2.28. The number of hydrogen-bond donors (Lipinski definition) is 2. The van der Waals surface area contributed by atoms with E-state index in [4.69, 9.17) is 0 Å². The Bertz CT molecular complexity index is 955. The Morgan fingerprint density at radius 2 is 2.19 bits per heavy atom. The van der Waals surface area contributed by atoms with Crippen LogP contribution in [0.2, 0.25) is 0 Å². The van der Waals surface area contributed by atoms with Crippen molar-refractivity contribution in [2.24, 2.45) is 13.0 Å². The van der Waals surface area contributed by atoms with Crippen molar-refractivity contribution in [3.63, 3.8) is 0 Å². The standard InChI is InChI=1S/C18H23N5O3S/c1-22-12-13(9-20-22)16-10-19-11-17(16)18(24)21-14-4-2-5-15(8-14)23-6-3-7-27(23,25)26/h2,4-5,8-9,12,16-17,19H,3,6-7,10-11H2,1H3,(H,21,24)/t16-,17+/m1/s1. The summed E-state index contributed by atoms with van der Waals surface area (Å²) in [5.41, 5.74) is 2.25. The molecular formula is C18H23N5O3S. The van der Waals surface area contributed by atoms with Crippen molar-refractivity contribution in [2.45, 2.75) is 12.3 Å². The lowest BCUT2D eigenvalue weighted by atomic mass is 9.90. The Morgan fingerprint density at radius 3 is 2.89 bits per heavy atom. The number of aryl methyl sites for hydroxylation is 1. The van der Waals surface area contributed by atoms with E-state index in [1.807, 2.05) is 13.2 Å². The van der Waals surface area contributed by atoms with E-state index in [1.54, 1.807) is 35.1 Å². The smallest absolute Gasteiger partial charge is 0.235 e. The minimum absolute atomic E-state index is 0.0702. The Balaban J connectivity index is 1.50. The molecule has 2 atom stereocenters. The highest BCUT2D eigenvalue weighted by Crippen LogP contribution is 2.30. The van der Waals surface area contributed by atoms with Crippen LogP contribution >= 0.6 is 0 Å². The molecule has 4 rings (SSSR count). The third-order valence-corrected chi connectivity index (χ3v) is 7.07. The molecule has 0 radical (unpaired) electrons. The Labute approximate surface area is 158 Å². The van der Waals surface area contributed by atoms with Crippen LogP contribution in [0, 0.1) is 5.92 Å². The number of hydrogen-bond acceptors (Lipinski definition) is 5. The van der Waals surface area contributed by atoms with Crippen LogP contribution in [0.4, 0.5) is 11.4 Å². The van der Waals surface area contributed by atoms with Gasteiger partial charge in [0.25, 0.3) is 0 Å². The minimum Gasteiger partial charge on any atom is -0.326 e. The number of nitrogens with zero attached hydrogens (tertiary/aromatic N) is 3.